The van der Waals surface area contributed by atoms with Crippen LogP contribution >= 0.6 is 15.9 Å². The second kappa shape index (κ2) is 5.51. The van der Waals surface area contributed by atoms with Crippen molar-refractivity contribution in [1.82, 2.24) is 0 Å². The van der Waals surface area contributed by atoms with Crippen molar-refractivity contribution in [2.45, 2.75) is 12.8 Å². The monoisotopic (exact) mass is 298 g/mol. The number of benzene rings is 1. The molecule has 0 bridgehead atoms. The lowest BCUT2D eigenvalue weighted by molar-refractivity contribution is -0.123. The van der Waals surface area contributed by atoms with Crippen LogP contribution in [0.15, 0.2) is 22.7 Å². The molecule has 92 valence electrons. The Morgan fingerprint density at radius 2 is 2.35 bits per heavy atom. The van der Waals surface area contributed by atoms with E-state index in [9.17, 15) is 4.79 Å². The highest BCUT2D eigenvalue weighted by Gasteiger charge is 2.21. The van der Waals surface area contributed by atoms with Crippen LogP contribution in [0.1, 0.15) is 12.8 Å². The van der Waals surface area contributed by atoms with Gasteiger partial charge in [0.05, 0.1) is 12.5 Å². The smallest absolute Gasteiger partial charge is 0.229 e. The lowest BCUT2D eigenvalue weighted by Gasteiger charge is -2.21. The molecular weight excluding hydrogens is 284 g/mol. The summed E-state index contributed by atoms with van der Waals surface area (Å²) in [6.07, 6.45) is 1.83. The molecule has 17 heavy (non-hydrogen) atoms. The predicted octanol–water partition coefficient (Wildman–Crippen LogP) is 2.40. The second-order valence-electron chi connectivity index (χ2n) is 4.14. The molecule has 1 unspecified atom stereocenters. The fourth-order valence-electron chi connectivity index (χ4n) is 1.81. The molecule has 4 nitrogen and oxygen atoms in total. The van der Waals surface area contributed by atoms with Gasteiger partial charge in [-0.15, -0.1) is 0 Å². The van der Waals surface area contributed by atoms with Crippen LogP contribution in [0.2, 0.25) is 0 Å². The maximum Gasteiger partial charge on any atom is 0.229 e. The molecule has 1 saturated heterocycles. The van der Waals surface area contributed by atoms with Gasteiger partial charge in [0.15, 0.2) is 0 Å². The minimum absolute atomic E-state index is 0.00595. The Hall–Kier alpha value is -1.07. The molecular formula is C12H15BrN2O2. The van der Waals surface area contributed by atoms with Gasteiger partial charge in [0.25, 0.3) is 0 Å². The third kappa shape index (κ3) is 3.20. The first-order valence-electron chi connectivity index (χ1n) is 5.60. The number of nitrogens with two attached hydrogens (primary N) is 1. The summed E-state index contributed by atoms with van der Waals surface area (Å²) in [5.74, 6) is -0.0416. The van der Waals surface area contributed by atoms with E-state index in [1.165, 1.54) is 0 Å². The molecule has 0 spiro atoms. The molecule has 1 fully saturated rings. The summed E-state index contributed by atoms with van der Waals surface area (Å²) in [5.41, 5.74) is 7.09. The molecule has 0 radical (unpaired) electrons. The van der Waals surface area contributed by atoms with Crippen LogP contribution < -0.4 is 11.1 Å². The Labute approximate surface area is 109 Å². The molecule has 2 rings (SSSR count). The number of ether oxygens (including phenoxy) is 1. The first-order valence-corrected chi connectivity index (χ1v) is 6.40. The number of hydrogen-bond donors (Lipinski definition) is 2. The number of nitrogen functional groups attached to an aromatic ring is 1. The normalized spacial score (nSPS) is 19.9. The number of carbonyl (C=O) groups excluding carboxylic acids is 1. The predicted molar refractivity (Wildman–Crippen MR) is 70.7 cm³/mol. The molecule has 0 aromatic heterocycles. The van der Waals surface area contributed by atoms with E-state index >= 15 is 0 Å². The maximum atomic E-state index is 11.9. The number of rotatable bonds is 2. The number of nitrogens with one attached hydrogen (secondary N) is 1. The summed E-state index contributed by atoms with van der Waals surface area (Å²) in [5, 5.41) is 2.86. The molecule has 0 saturated carbocycles. The van der Waals surface area contributed by atoms with Crippen molar-refractivity contribution in [3.63, 3.8) is 0 Å². The molecule has 1 aromatic rings. The van der Waals surface area contributed by atoms with Crippen LogP contribution in [0.25, 0.3) is 0 Å². The van der Waals surface area contributed by atoms with Gasteiger partial charge < -0.3 is 15.8 Å². The largest absolute Gasteiger partial charge is 0.398 e. The van der Waals surface area contributed by atoms with Gasteiger partial charge in [-0.2, -0.15) is 0 Å². The van der Waals surface area contributed by atoms with Gasteiger partial charge >= 0.3 is 0 Å². The summed E-state index contributed by atoms with van der Waals surface area (Å²) in [4.78, 5) is 11.9. The second-order valence-corrected chi connectivity index (χ2v) is 4.99. The van der Waals surface area contributed by atoms with Crippen LogP contribution in [0.5, 0.6) is 0 Å². The zero-order valence-electron chi connectivity index (χ0n) is 9.41. The standard InChI is InChI=1S/C12H15BrN2O2/c13-10-4-3-9(6-11(10)14)15-12(16)8-2-1-5-17-7-8/h3-4,6,8H,1-2,5,7,14H2,(H,15,16). The van der Waals surface area contributed by atoms with Crippen molar-refractivity contribution in [3.05, 3.63) is 22.7 Å². The maximum absolute atomic E-state index is 11.9. The average Bonchev–Trinajstić information content (AvgIpc) is 2.35. The number of halogens is 1. The van der Waals surface area contributed by atoms with Crippen molar-refractivity contribution >= 4 is 33.2 Å². The van der Waals surface area contributed by atoms with Crippen molar-refractivity contribution in [2.75, 3.05) is 24.3 Å². The van der Waals surface area contributed by atoms with Crippen molar-refractivity contribution in [3.8, 4) is 0 Å². The van der Waals surface area contributed by atoms with E-state index in [0.29, 0.717) is 12.3 Å². The molecule has 0 aliphatic carbocycles. The first kappa shape index (κ1) is 12.4. The molecule has 1 aliphatic rings. The van der Waals surface area contributed by atoms with E-state index in [0.717, 1.165) is 29.6 Å². The zero-order valence-corrected chi connectivity index (χ0v) is 11.0. The number of anilines is 2. The van der Waals surface area contributed by atoms with Gasteiger partial charge in [-0.25, -0.2) is 0 Å². The quantitative estimate of drug-likeness (QED) is 0.824. The number of carbonyl (C=O) groups is 1. The summed E-state index contributed by atoms with van der Waals surface area (Å²) < 4.78 is 6.12. The van der Waals surface area contributed by atoms with Gasteiger partial charge in [-0.3, -0.25) is 4.79 Å². The summed E-state index contributed by atoms with van der Waals surface area (Å²) in [7, 11) is 0. The van der Waals surface area contributed by atoms with Crippen LogP contribution in [0.4, 0.5) is 11.4 Å². The Morgan fingerprint density at radius 1 is 1.53 bits per heavy atom. The lowest BCUT2D eigenvalue weighted by atomic mass is 10.0. The Morgan fingerprint density at radius 3 is 3.00 bits per heavy atom. The fourth-order valence-corrected chi connectivity index (χ4v) is 2.06. The van der Waals surface area contributed by atoms with E-state index < -0.39 is 0 Å². The zero-order chi connectivity index (χ0) is 12.3. The van der Waals surface area contributed by atoms with Gasteiger partial charge in [0.1, 0.15) is 0 Å². The van der Waals surface area contributed by atoms with Gasteiger partial charge in [0.2, 0.25) is 5.91 Å². The summed E-state index contributed by atoms with van der Waals surface area (Å²) in [6.45, 7) is 1.27. The van der Waals surface area contributed by atoms with Gasteiger partial charge in [-0.1, -0.05) is 0 Å². The van der Waals surface area contributed by atoms with Crippen molar-refractivity contribution in [1.29, 1.82) is 0 Å². The highest BCUT2D eigenvalue weighted by molar-refractivity contribution is 9.10. The Kier molecular flexibility index (Phi) is 4.02. The van der Waals surface area contributed by atoms with E-state index in [1.807, 2.05) is 12.1 Å². The number of hydrogen-bond acceptors (Lipinski definition) is 3. The third-order valence-corrected chi connectivity index (χ3v) is 3.52. The molecule has 1 atom stereocenters. The highest BCUT2D eigenvalue weighted by atomic mass is 79.9. The van der Waals surface area contributed by atoms with Crippen LogP contribution in [0.3, 0.4) is 0 Å². The van der Waals surface area contributed by atoms with Crippen molar-refractivity contribution < 1.29 is 9.53 Å². The first-order chi connectivity index (χ1) is 8.16. The van der Waals surface area contributed by atoms with Crippen molar-refractivity contribution in [2.24, 2.45) is 5.92 Å². The third-order valence-electron chi connectivity index (χ3n) is 2.79. The Balaban J connectivity index is 1.99. The van der Waals surface area contributed by atoms with Crippen LogP contribution in [0, 0.1) is 5.92 Å². The van der Waals surface area contributed by atoms with Gasteiger partial charge in [-0.05, 0) is 47.0 Å². The number of amides is 1. The topological polar surface area (TPSA) is 64.3 Å². The highest BCUT2D eigenvalue weighted by Crippen LogP contribution is 2.24. The lowest BCUT2D eigenvalue weighted by Crippen LogP contribution is -2.30. The minimum atomic E-state index is -0.0476. The average molecular weight is 299 g/mol. The molecule has 3 N–H and O–H groups in total. The molecule has 1 aliphatic heterocycles. The van der Waals surface area contributed by atoms with E-state index in [4.69, 9.17) is 10.5 Å². The molecule has 1 heterocycles. The molecule has 1 amide bonds. The van der Waals surface area contributed by atoms with E-state index in [1.54, 1.807) is 6.07 Å². The van der Waals surface area contributed by atoms with Crippen LogP contribution in [-0.4, -0.2) is 19.1 Å². The van der Waals surface area contributed by atoms with Gasteiger partial charge in [0, 0.05) is 22.5 Å². The molecule has 5 heteroatoms. The van der Waals surface area contributed by atoms with E-state index in [-0.39, 0.29) is 11.8 Å². The van der Waals surface area contributed by atoms with E-state index in [2.05, 4.69) is 21.2 Å². The summed E-state index contributed by atoms with van der Waals surface area (Å²) in [6, 6.07) is 5.38. The Bertz CT molecular complexity index is 417. The summed E-state index contributed by atoms with van der Waals surface area (Å²) >= 11 is 3.31. The minimum Gasteiger partial charge on any atom is -0.398 e. The molecule has 1 aromatic carbocycles. The van der Waals surface area contributed by atoms with Crippen LogP contribution in [-0.2, 0) is 9.53 Å². The fraction of sp³-hybridized carbons (Fsp3) is 0.417. The SMILES string of the molecule is Nc1cc(NC(=O)C2CCCOC2)ccc1Br.